The maximum Gasteiger partial charge on any atom is 0.318 e. The van der Waals surface area contributed by atoms with Gasteiger partial charge in [0.25, 0.3) is 0 Å². The lowest BCUT2D eigenvalue weighted by Gasteiger charge is -2.17. The van der Waals surface area contributed by atoms with E-state index in [9.17, 15) is 9.59 Å². The van der Waals surface area contributed by atoms with E-state index in [0.29, 0.717) is 5.03 Å². The molecule has 0 aliphatic carbocycles. The van der Waals surface area contributed by atoms with E-state index < -0.39 is 17.2 Å². The molecule has 0 fully saturated rings. The predicted molar refractivity (Wildman–Crippen MR) is 64.2 cm³/mol. The van der Waals surface area contributed by atoms with E-state index in [1.54, 1.807) is 18.6 Å². The number of nitrogens with one attached hydrogen (secondary N) is 1. The molecule has 0 aliphatic rings. The predicted octanol–water partition coefficient (Wildman–Crippen LogP) is 0.788. The summed E-state index contributed by atoms with van der Waals surface area (Å²) in [6.45, 7) is 3.77. The van der Waals surface area contributed by atoms with E-state index in [0.717, 1.165) is 0 Å². The van der Waals surface area contributed by atoms with Crippen molar-refractivity contribution in [3.8, 4) is 0 Å². The third-order valence-corrected chi connectivity index (χ3v) is 3.36. The molecule has 1 heterocycles. The second-order valence-corrected chi connectivity index (χ2v) is 4.84. The number of nitrogens with zero attached hydrogens (tertiary/aromatic N) is 2. The highest BCUT2D eigenvalue weighted by Crippen LogP contribution is 2.25. The molecule has 1 aromatic rings. The summed E-state index contributed by atoms with van der Waals surface area (Å²) in [4.78, 5) is 30.3. The average molecular weight is 254 g/mol. The number of urea groups is 1. The van der Waals surface area contributed by atoms with Crippen molar-refractivity contribution in [3.05, 3.63) is 18.6 Å². The zero-order chi connectivity index (χ0) is 12.8. The third kappa shape index (κ3) is 4.39. The molecule has 0 saturated heterocycles. The Balaban J connectivity index is 2.73. The fourth-order valence-electron chi connectivity index (χ4n) is 1.16. The van der Waals surface area contributed by atoms with Crippen molar-refractivity contribution in [1.29, 1.82) is 0 Å². The summed E-state index contributed by atoms with van der Waals surface area (Å²) in [5.41, 5.74) is 4.92. The van der Waals surface area contributed by atoms with Gasteiger partial charge in [0, 0.05) is 12.4 Å². The molecule has 1 atom stereocenters. The summed E-state index contributed by atoms with van der Waals surface area (Å²) in [5.74, 6) is -0.371. The van der Waals surface area contributed by atoms with Crippen LogP contribution in [0.5, 0.6) is 0 Å². The second kappa shape index (κ2) is 6.19. The lowest BCUT2D eigenvalue weighted by Crippen LogP contribution is -2.42. The molecule has 0 aromatic carbocycles. The Morgan fingerprint density at radius 1 is 1.41 bits per heavy atom. The van der Waals surface area contributed by atoms with Gasteiger partial charge in [-0.3, -0.25) is 15.1 Å². The quantitative estimate of drug-likeness (QED) is 0.774. The maximum atomic E-state index is 11.7. The van der Waals surface area contributed by atoms with Gasteiger partial charge in [-0.2, -0.15) is 0 Å². The summed E-state index contributed by atoms with van der Waals surface area (Å²) < 4.78 is 0. The number of aromatic nitrogens is 2. The zero-order valence-corrected chi connectivity index (χ0v) is 10.4. The van der Waals surface area contributed by atoms with Crippen LogP contribution < -0.4 is 11.1 Å². The van der Waals surface area contributed by atoms with Crippen molar-refractivity contribution in [1.82, 2.24) is 15.3 Å². The molecule has 0 bridgehead atoms. The topological polar surface area (TPSA) is 98.0 Å². The van der Waals surface area contributed by atoms with Gasteiger partial charge < -0.3 is 5.73 Å². The van der Waals surface area contributed by atoms with Gasteiger partial charge in [0.2, 0.25) is 5.91 Å². The Hall–Kier alpha value is -1.63. The molecule has 92 valence electrons. The largest absolute Gasteiger partial charge is 0.351 e. The van der Waals surface area contributed by atoms with Gasteiger partial charge in [0.05, 0.1) is 11.4 Å². The highest BCUT2D eigenvalue weighted by molar-refractivity contribution is 8.00. The molecule has 0 unspecified atom stereocenters. The van der Waals surface area contributed by atoms with Crippen molar-refractivity contribution in [2.75, 3.05) is 0 Å². The van der Waals surface area contributed by atoms with Crippen molar-refractivity contribution >= 4 is 23.7 Å². The summed E-state index contributed by atoms with van der Waals surface area (Å²) >= 11 is 1.25. The highest BCUT2D eigenvalue weighted by atomic mass is 32.2. The number of hydrogen-bond acceptors (Lipinski definition) is 5. The molecule has 0 saturated carbocycles. The first-order valence-corrected chi connectivity index (χ1v) is 5.91. The minimum Gasteiger partial charge on any atom is -0.351 e. The third-order valence-electron chi connectivity index (χ3n) is 1.90. The van der Waals surface area contributed by atoms with Crippen LogP contribution in [0.1, 0.15) is 13.8 Å². The Morgan fingerprint density at radius 3 is 2.59 bits per heavy atom. The van der Waals surface area contributed by atoms with Gasteiger partial charge in [-0.1, -0.05) is 25.6 Å². The number of imide groups is 1. The standard InChI is InChI=1S/C10H14N4O2S/c1-6(2)8(9(15)14-10(11)16)17-7-5-12-3-4-13-7/h3-6,8H,1-2H3,(H3,11,14,15,16)/t8-/m1/s1. The Morgan fingerprint density at radius 2 is 2.12 bits per heavy atom. The van der Waals surface area contributed by atoms with Crippen LogP contribution in [0, 0.1) is 5.92 Å². The Kier molecular flexibility index (Phi) is 4.89. The summed E-state index contributed by atoms with van der Waals surface area (Å²) in [6, 6.07) is -0.847. The normalized spacial score (nSPS) is 12.2. The van der Waals surface area contributed by atoms with Crippen LogP contribution in [0.3, 0.4) is 0 Å². The van der Waals surface area contributed by atoms with Crippen LogP contribution in [0.2, 0.25) is 0 Å². The number of rotatable bonds is 4. The number of nitrogens with two attached hydrogens (primary N) is 1. The van der Waals surface area contributed by atoms with Gasteiger partial charge in [-0.05, 0) is 5.92 Å². The number of amides is 3. The second-order valence-electron chi connectivity index (χ2n) is 3.68. The maximum absolute atomic E-state index is 11.7. The molecule has 0 spiro atoms. The summed E-state index contributed by atoms with van der Waals surface area (Å²) in [6.07, 6.45) is 4.67. The highest BCUT2D eigenvalue weighted by Gasteiger charge is 2.24. The van der Waals surface area contributed by atoms with Crippen LogP contribution in [0.4, 0.5) is 4.79 Å². The molecular formula is C10H14N4O2S. The molecule has 3 amide bonds. The molecule has 6 nitrogen and oxygen atoms in total. The van der Waals surface area contributed by atoms with E-state index in [1.807, 2.05) is 13.8 Å². The monoisotopic (exact) mass is 254 g/mol. The number of carbonyl (C=O) groups is 2. The van der Waals surface area contributed by atoms with Crippen molar-refractivity contribution in [2.24, 2.45) is 11.7 Å². The van der Waals surface area contributed by atoms with Gasteiger partial charge >= 0.3 is 6.03 Å². The first kappa shape index (κ1) is 13.4. The van der Waals surface area contributed by atoms with Gasteiger partial charge in [-0.25, -0.2) is 9.78 Å². The minimum atomic E-state index is -0.847. The number of thioether (sulfide) groups is 1. The minimum absolute atomic E-state index is 0.0429. The molecule has 0 radical (unpaired) electrons. The number of primary amides is 1. The SMILES string of the molecule is CC(C)[C@@H](Sc1cnccn1)C(=O)NC(N)=O. The molecule has 1 aromatic heterocycles. The molecule has 0 aliphatic heterocycles. The first-order chi connectivity index (χ1) is 8.00. The van der Waals surface area contributed by atoms with E-state index in [2.05, 4.69) is 15.3 Å². The van der Waals surface area contributed by atoms with Crippen LogP contribution >= 0.6 is 11.8 Å². The van der Waals surface area contributed by atoms with Crippen molar-refractivity contribution in [2.45, 2.75) is 24.1 Å². The number of carbonyl (C=O) groups excluding carboxylic acids is 2. The average Bonchev–Trinajstić information content (AvgIpc) is 2.25. The van der Waals surface area contributed by atoms with E-state index in [4.69, 9.17) is 5.73 Å². The molecule has 1 rings (SSSR count). The number of hydrogen-bond donors (Lipinski definition) is 2. The Labute approximate surface area is 103 Å². The molecule has 17 heavy (non-hydrogen) atoms. The summed E-state index contributed by atoms with van der Waals surface area (Å²) in [5, 5.41) is 2.27. The van der Waals surface area contributed by atoms with E-state index >= 15 is 0 Å². The van der Waals surface area contributed by atoms with Crippen LogP contribution in [0.15, 0.2) is 23.6 Å². The Bertz CT molecular complexity index is 397. The fraction of sp³-hybridized carbons (Fsp3) is 0.400. The lowest BCUT2D eigenvalue weighted by molar-refractivity contribution is -0.120. The lowest BCUT2D eigenvalue weighted by atomic mass is 10.1. The van der Waals surface area contributed by atoms with E-state index in [1.165, 1.54) is 11.8 Å². The fourth-order valence-corrected chi connectivity index (χ4v) is 2.10. The van der Waals surface area contributed by atoms with E-state index in [-0.39, 0.29) is 5.92 Å². The first-order valence-electron chi connectivity index (χ1n) is 5.03. The van der Waals surface area contributed by atoms with Crippen molar-refractivity contribution < 1.29 is 9.59 Å². The van der Waals surface area contributed by atoms with Gasteiger partial charge in [-0.15, -0.1) is 0 Å². The molecule has 3 N–H and O–H groups in total. The van der Waals surface area contributed by atoms with Crippen LogP contribution in [-0.2, 0) is 4.79 Å². The summed E-state index contributed by atoms with van der Waals surface area (Å²) in [7, 11) is 0. The van der Waals surface area contributed by atoms with Gasteiger partial charge in [0.1, 0.15) is 5.03 Å². The van der Waals surface area contributed by atoms with Crippen LogP contribution in [-0.4, -0.2) is 27.2 Å². The van der Waals surface area contributed by atoms with Crippen molar-refractivity contribution in [3.63, 3.8) is 0 Å². The molecule has 7 heteroatoms. The van der Waals surface area contributed by atoms with Gasteiger partial charge in [0.15, 0.2) is 0 Å². The smallest absolute Gasteiger partial charge is 0.318 e. The van der Waals surface area contributed by atoms with Crippen LogP contribution in [0.25, 0.3) is 0 Å². The molecular weight excluding hydrogens is 240 g/mol. The zero-order valence-electron chi connectivity index (χ0n) is 9.58.